The van der Waals surface area contributed by atoms with Crippen molar-refractivity contribution in [2.24, 2.45) is 0 Å². The van der Waals surface area contributed by atoms with Crippen LogP contribution in [0.4, 0.5) is 0 Å². The number of aromatic amines is 1. The molecule has 0 fully saturated rings. The number of nitrogens with one attached hydrogen (secondary N) is 1. The Morgan fingerprint density at radius 1 is 1.00 bits per heavy atom. The van der Waals surface area contributed by atoms with Crippen molar-refractivity contribution in [2.75, 3.05) is 0 Å². The molecule has 3 heteroatoms. The van der Waals surface area contributed by atoms with Crippen LogP contribution >= 0.6 is 0 Å². The molecular formula is C16H17NOSi. The van der Waals surface area contributed by atoms with Crippen LogP contribution < -0.4 is 10.6 Å². The first-order chi connectivity index (χ1) is 8.98. The van der Waals surface area contributed by atoms with E-state index >= 15 is 0 Å². The summed E-state index contributed by atoms with van der Waals surface area (Å²) in [6.07, 6.45) is 1.96. The van der Waals surface area contributed by atoms with E-state index in [-0.39, 0.29) is 5.43 Å². The maximum Gasteiger partial charge on any atom is 0.187 e. The lowest BCUT2D eigenvalue weighted by Crippen LogP contribution is -2.47. The van der Waals surface area contributed by atoms with Gasteiger partial charge < -0.3 is 4.98 Å². The minimum atomic E-state index is -1.61. The molecule has 0 saturated carbocycles. The van der Waals surface area contributed by atoms with E-state index in [4.69, 9.17) is 0 Å². The largest absolute Gasteiger partial charge is 0.360 e. The average Bonchev–Trinajstić information content (AvgIpc) is 2.37. The fourth-order valence-corrected chi connectivity index (χ4v) is 3.96. The fourth-order valence-electron chi connectivity index (χ4n) is 2.57. The molecule has 1 N–H and O–H groups in total. The first-order valence-electron chi connectivity index (χ1n) is 6.52. The number of H-pyrrole nitrogens is 1. The lowest BCUT2D eigenvalue weighted by molar-refractivity contribution is 1.34. The predicted octanol–water partition coefficient (Wildman–Crippen LogP) is 3.18. The quantitative estimate of drug-likeness (QED) is 0.533. The molecule has 0 unspecified atom stereocenters. The van der Waals surface area contributed by atoms with Crippen LogP contribution in [0.2, 0.25) is 19.6 Å². The first-order valence-corrected chi connectivity index (χ1v) is 10.0. The second-order valence-corrected chi connectivity index (χ2v) is 11.0. The summed E-state index contributed by atoms with van der Waals surface area (Å²) >= 11 is 0. The Labute approximate surface area is 113 Å². The van der Waals surface area contributed by atoms with Crippen molar-refractivity contribution in [1.82, 2.24) is 4.98 Å². The average molecular weight is 267 g/mol. The van der Waals surface area contributed by atoms with Crippen LogP contribution in [0.15, 0.2) is 47.4 Å². The normalized spacial score (nSPS) is 12.2. The summed E-state index contributed by atoms with van der Waals surface area (Å²) in [6, 6.07) is 12.1. The minimum Gasteiger partial charge on any atom is -0.360 e. The van der Waals surface area contributed by atoms with E-state index in [0.717, 1.165) is 27.2 Å². The Kier molecular flexibility index (Phi) is 2.61. The van der Waals surface area contributed by atoms with Crippen molar-refractivity contribution in [2.45, 2.75) is 19.6 Å². The van der Waals surface area contributed by atoms with Gasteiger partial charge in [0.25, 0.3) is 0 Å². The summed E-state index contributed by atoms with van der Waals surface area (Å²) in [4.78, 5) is 16.0. The third-order valence-electron chi connectivity index (χ3n) is 3.58. The second-order valence-electron chi connectivity index (χ2n) is 5.99. The van der Waals surface area contributed by atoms with E-state index in [1.54, 1.807) is 0 Å². The Morgan fingerprint density at radius 2 is 1.74 bits per heavy atom. The van der Waals surface area contributed by atoms with Crippen LogP contribution in [0.25, 0.3) is 22.0 Å². The van der Waals surface area contributed by atoms with E-state index < -0.39 is 8.07 Å². The van der Waals surface area contributed by atoms with Gasteiger partial charge in [-0.1, -0.05) is 50.0 Å². The molecule has 19 heavy (non-hydrogen) atoms. The van der Waals surface area contributed by atoms with Gasteiger partial charge in [-0.25, -0.2) is 0 Å². The molecule has 1 aromatic carbocycles. The number of aromatic nitrogens is 1. The van der Waals surface area contributed by atoms with Gasteiger partial charge in [0, 0.05) is 11.9 Å². The molecule has 0 saturated heterocycles. The third kappa shape index (κ3) is 1.90. The van der Waals surface area contributed by atoms with Gasteiger partial charge in [-0.05, 0) is 22.0 Å². The maximum atomic E-state index is 12.8. The van der Waals surface area contributed by atoms with Gasteiger partial charge in [-0.2, -0.15) is 0 Å². The zero-order valence-corrected chi connectivity index (χ0v) is 12.4. The zero-order chi connectivity index (χ0) is 13.6. The van der Waals surface area contributed by atoms with Crippen molar-refractivity contribution in [1.29, 1.82) is 0 Å². The van der Waals surface area contributed by atoms with Crippen molar-refractivity contribution in [3.05, 3.63) is 52.8 Å². The SMILES string of the molecule is C[Si](C)(C)c1ccc2[nH]cc3ccccc3c-2c1=O. The molecule has 96 valence electrons. The summed E-state index contributed by atoms with van der Waals surface area (Å²) in [5.74, 6) is 0. The minimum absolute atomic E-state index is 0.199. The van der Waals surface area contributed by atoms with E-state index in [1.165, 1.54) is 0 Å². The molecule has 0 bridgehead atoms. The van der Waals surface area contributed by atoms with E-state index in [9.17, 15) is 4.79 Å². The van der Waals surface area contributed by atoms with E-state index in [0.29, 0.717) is 0 Å². The van der Waals surface area contributed by atoms with E-state index in [1.807, 2.05) is 42.6 Å². The molecule has 1 aliphatic heterocycles. The summed E-state index contributed by atoms with van der Waals surface area (Å²) < 4.78 is 0. The lowest BCUT2D eigenvalue weighted by Gasteiger charge is -2.18. The second kappa shape index (κ2) is 4.07. The number of rotatable bonds is 1. The maximum absolute atomic E-state index is 12.8. The zero-order valence-electron chi connectivity index (χ0n) is 11.4. The van der Waals surface area contributed by atoms with Gasteiger partial charge in [0.1, 0.15) is 0 Å². The Hall–Kier alpha value is -1.87. The summed E-state index contributed by atoms with van der Waals surface area (Å²) in [5, 5.41) is 3.13. The van der Waals surface area contributed by atoms with Crippen LogP contribution in [0, 0.1) is 0 Å². The van der Waals surface area contributed by atoms with Crippen LogP contribution in [0.3, 0.4) is 0 Å². The monoisotopic (exact) mass is 267 g/mol. The van der Waals surface area contributed by atoms with Crippen LogP contribution in [0.5, 0.6) is 0 Å². The molecule has 0 atom stereocenters. The topological polar surface area (TPSA) is 32.9 Å². The Balaban J connectivity index is 2.50. The van der Waals surface area contributed by atoms with Crippen LogP contribution in [-0.2, 0) is 0 Å². The summed E-state index contributed by atoms with van der Waals surface area (Å²) in [6.45, 7) is 6.64. The Bertz CT molecular complexity index is 783. The van der Waals surface area contributed by atoms with Crippen molar-refractivity contribution in [3.63, 3.8) is 0 Å². The number of hydrogen-bond donors (Lipinski definition) is 1. The van der Waals surface area contributed by atoms with Crippen molar-refractivity contribution in [3.8, 4) is 11.3 Å². The molecule has 1 heterocycles. The number of pyridine rings is 1. The highest BCUT2D eigenvalue weighted by Gasteiger charge is 2.23. The fraction of sp³-hybridized carbons (Fsp3) is 0.188. The third-order valence-corrected chi connectivity index (χ3v) is 5.59. The molecule has 1 aromatic rings. The smallest absolute Gasteiger partial charge is 0.187 e. The van der Waals surface area contributed by atoms with Gasteiger partial charge in [0.05, 0.1) is 13.6 Å². The number of hydrogen-bond acceptors (Lipinski definition) is 1. The van der Waals surface area contributed by atoms with E-state index in [2.05, 4.69) is 24.6 Å². The number of benzene rings is 2. The molecule has 3 rings (SSSR count). The highest BCUT2D eigenvalue weighted by Crippen LogP contribution is 2.25. The van der Waals surface area contributed by atoms with Crippen LogP contribution in [0.1, 0.15) is 0 Å². The van der Waals surface area contributed by atoms with Gasteiger partial charge >= 0.3 is 0 Å². The first kappa shape index (κ1) is 12.2. The lowest BCUT2D eigenvalue weighted by atomic mass is 10.0. The molecule has 2 aliphatic rings. The molecule has 1 aliphatic carbocycles. The van der Waals surface area contributed by atoms with Gasteiger partial charge in [0.2, 0.25) is 0 Å². The van der Waals surface area contributed by atoms with Crippen molar-refractivity contribution >= 4 is 24.0 Å². The highest BCUT2D eigenvalue weighted by molar-refractivity contribution is 6.88. The molecule has 0 amide bonds. The van der Waals surface area contributed by atoms with Crippen molar-refractivity contribution < 1.29 is 0 Å². The van der Waals surface area contributed by atoms with Gasteiger partial charge in [0.15, 0.2) is 5.43 Å². The number of fused-ring (bicyclic) bond motifs is 3. The Morgan fingerprint density at radius 3 is 2.47 bits per heavy atom. The van der Waals surface area contributed by atoms with Gasteiger partial charge in [-0.3, -0.25) is 4.79 Å². The van der Waals surface area contributed by atoms with Gasteiger partial charge in [-0.15, -0.1) is 0 Å². The molecule has 2 nitrogen and oxygen atoms in total. The summed E-state index contributed by atoms with van der Waals surface area (Å²) in [7, 11) is -1.61. The highest BCUT2D eigenvalue weighted by atomic mass is 28.3. The standard InChI is InChI=1S/C16H17NOSi/c1-19(2,3)14-9-8-13-15(16(14)18)12-7-5-4-6-11(12)10-17-13/h4-10,17H,1-3H3. The molecule has 0 aromatic heterocycles. The summed E-state index contributed by atoms with van der Waals surface area (Å²) in [5.41, 5.74) is 1.95. The molecule has 0 spiro atoms. The molecule has 0 radical (unpaired) electrons. The molecular weight excluding hydrogens is 250 g/mol. The van der Waals surface area contributed by atoms with Crippen LogP contribution in [-0.4, -0.2) is 13.1 Å². The predicted molar refractivity (Wildman–Crippen MR) is 84.2 cm³/mol.